The van der Waals surface area contributed by atoms with Crippen LogP contribution in [0, 0.1) is 18.3 Å². The zero-order valence-corrected chi connectivity index (χ0v) is 17.8. The fraction of sp³-hybridized carbons (Fsp3) is 0.174. The summed E-state index contributed by atoms with van der Waals surface area (Å²) in [7, 11) is 1.72. The smallest absolute Gasteiger partial charge is 0.262 e. The van der Waals surface area contributed by atoms with Gasteiger partial charge in [0.1, 0.15) is 10.1 Å². The molecule has 0 aliphatic rings. The molecule has 0 amide bonds. The summed E-state index contributed by atoms with van der Waals surface area (Å²) in [6, 6.07) is 22.4. The van der Waals surface area contributed by atoms with Gasteiger partial charge in [0.15, 0.2) is 5.16 Å². The van der Waals surface area contributed by atoms with Crippen LogP contribution in [0.2, 0.25) is 0 Å². The van der Waals surface area contributed by atoms with Gasteiger partial charge in [-0.2, -0.15) is 5.26 Å². The molecule has 6 heteroatoms. The number of fused-ring (bicyclic) bond motifs is 1. The Morgan fingerprint density at radius 2 is 1.90 bits per heavy atom. The van der Waals surface area contributed by atoms with Gasteiger partial charge in [-0.25, -0.2) is 4.98 Å². The third-order valence-corrected chi connectivity index (χ3v) is 6.93. The van der Waals surface area contributed by atoms with E-state index in [9.17, 15) is 10.1 Å². The van der Waals surface area contributed by atoms with Crippen LogP contribution >= 0.6 is 23.1 Å². The lowest BCUT2D eigenvalue weighted by molar-refractivity contribution is 0.726. The summed E-state index contributed by atoms with van der Waals surface area (Å²) >= 11 is 2.85. The van der Waals surface area contributed by atoms with Gasteiger partial charge < -0.3 is 0 Å². The van der Waals surface area contributed by atoms with Crippen LogP contribution in [0.25, 0.3) is 20.7 Å². The summed E-state index contributed by atoms with van der Waals surface area (Å²) in [5, 5.41) is 10.5. The molecule has 29 heavy (non-hydrogen) atoms. The van der Waals surface area contributed by atoms with Crippen LogP contribution < -0.4 is 5.56 Å². The quantitative estimate of drug-likeness (QED) is 0.331. The van der Waals surface area contributed by atoms with E-state index in [0.717, 1.165) is 16.0 Å². The number of benzene rings is 2. The van der Waals surface area contributed by atoms with Gasteiger partial charge >= 0.3 is 0 Å². The number of aryl methyl sites for hydroxylation is 1. The SMILES string of the molecule is Cc1ccc(CC(C#N)Sc2nc3sc(-c4ccccc4)cc3c(=O)n2C)cc1. The second-order valence-electron chi connectivity index (χ2n) is 6.88. The summed E-state index contributed by atoms with van der Waals surface area (Å²) < 4.78 is 1.55. The van der Waals surface area contributed by atoms with Gasteiger partial charge in [0.25, 0.3) is 5.56 Å². The van der Waals surface area contributed by atoms with Gasteiger partial charge in [-0.1, -0.05) is 71.9 Å². The van der Waals surface area contributed by atoms with Crippen LogP contribution in [0.1, 0.15) is 11.1 Å². The molecular weight excluding hydrogens is 398 g/mol. The molecule has 4 rings (SSSR count). The average molecular weight is 418 g/mol. The Hall–Kier alpha value is -2.88. The highest BCUT2D eigenvalue weighted by Gasteiger charge is 2.18. The lowest BCUT2D eigenvalue weighted by Gasteiger charge is -2.11. The number of aromatic nitrogens is 2. The molecule has 2 aromatic heterocycles. The van der Waals surface area contributed by atoms with E-state index < -0.39 is 0 Å². The van der Waals surface area contributed by atoms with Crippen molar-refractivity contribution < 1.29 is 0 Å². The molecule has 1 atom stereocenters. The third-order valence-electron chi connectivity index (χ3n) is 4.72. The van der Waals surface area contributed by atoms with E-state index in [4.69, 9.17) is 4.98 Å². The third kappa shape index (κ3) is 4.12. The second-order valence-corrected chi connectivity index (χ2v) is 9.08. The van der Waals surface area contributed by atoms with Crippen LogP contribution in [-0.4, -0.2) is 14.8 Å². The van der Waals surface area contributed by atoms with Crippen LogP contribution in [0.15, 0.2) is 70.6 Å². The zero-order chi connectivity index (χ0) is 20.4. The van der Waals surface area contributed by atoms with Crippen molar-refractivity contribution in [1.82, 2.24) is 9.55 Å². The predicted molar refractivity (Wildman–Crippen MR) is 120 cm³/mol. The summed E-state index contributed by atoms with van der Waals surface area (Å²) in [4.78, 5) is 19.3. The lowest BCUT2D eigenvalue weighted by Crippen LogP contribution is -2.20. The minimum absolute atomic E-state index is 0.0806. The first-order chi connectivity index (χ1) is 14.0. The normalized spacial score (nSPS) is 12.0. The maximum absolute atomic E-state index is 12.9. The van der Waals surface area contributed by atoms with E-state index in [1.165, 1.54) is 28.7 Å². The maximum Gasteiger partial charge on any atom is 0.262 e. The van der Waals surface area contributed by atoms with E-state index in [-0.39, 0.29) is 10.8 Å². The van der Waals surface area contributed by atoms with E-state index in [1.807, 2.05) is 67.6 Å². The monoisotopic (exact) mass is 417 g/mol. The van der Waals surface area contributed by atoms with Gasteiger partial charge in [0.2, 0.25) is 0 Å². The molecule has 4 aromatic rings. The number of thioether (sulfide) groups is 1. The summed E-state index contributed by atoms with van der Waals surface area (Å²) in [6.07, 6.45) is 0.606. The Morgan fingerprint density at radius 3 is 2.59 bits per heavy atom. The van der Waals surface area contributed by atoms with Crippen LogP contribution in [0.5, 0.6) is 0 Å². The van der Waals surface area contributed by atoms with Crippen molar-refractivity contribution in [2.24, 2.45) is 7.05 Å². The lowest BCUT2D eigenvalue weighted by atomic mass is 10.1. The Bertz CT molecular complexity index is 1250. The first-order valence-corrected chi connectivity index (χ1v) is 10.9. The van der Waals surface area contributed by atoms with Crippen molar-refractivity contribution in [3.8, 4) is 16.5 Å². The molecule has 0 saturated heterocycles. The molecule has 0 bridgehead atoms. The Morgan fingerprint density at radius 1 is 1.17 bits per heavy atom. The number of nitriles is 1. The molecule has 0 spiro atoms. The molecule has 0 aliphatic carbocycles. The van der Waals surface area contributed by atoms with Gasteiger partial charge in [0.05, 0.1) is 11.5 Å². The Kier molecular flexibility index (Phi) is 5.52. The number of hydrogen-bond donors (Lipinski definition) is 0. The Labute approximate surface area is 177 Å². The first-order valence-electron chi connectivity index (χ1n) is 9.23. The molecule has 0 fully saturated rings. The fourth-order valence-electron chi connectivity index (χ4n) is 3.08. The predicted octanol–water partition coefficient (Wildman–Crippen LogP) is 5.20. The first kappa shape index (κ1) is 19.4. The fourth-order valence-corrected chi connectivity index (χ4v) is 5.13. The largest absolute Gasteiger partial charge is 0.290 e. The van der Waals surface area contributed by atoms with Crippen molar-refractivity contribution in [1.29, 1.82) is 5.26 Å². The van der Waals surface area contributed by atoms with Crippen molar-refractivity contribution in [2.45, 2.75) is 23.8 Å². The molecule has 1 unspecified atom stereocenters. The molecule has 2 heterocycles. The molecule has 2 aromatic carbocycles. The van der Waals surface area contributed by atoms with Gasteiger partial charge in [0, 0.05) is 11.9 Å². The van der Waals surface area contributed by atoms with E-state index in [2.05, 4.69) is 6.07 Å². The Balaban J connectivity index is 1.66. The molecule has 0 saturated carbocycles. The highest BCUT2D eigenvalue weighted by Crippen LogP contribution is 2.32. The summed E-state index contributed by atoms with van der Waals surface area (Å²) in [5.41, 5.74) is 3.28. The van der Waals surface area contributed by atoms with Crippen molar-refractivity contribution >= 4 is 33.3 Å². The molecule has 144 valence electrons. The second kappa shape index (κ2) is 8.24. The van der Waals surface area contributed by atoms with Gasteiger partial charge in [-0.3, -0.25) is 9.36 Å². The molecular formula is C23H19N3OS2. The summed E-state index contributed by atoms with van der Waals surface area (Å²) in [6.45, 7) is 2.04. The minimum atomic E-state index is -0.318. The standard InChI is InChI=1S/C23H19N3OS2/c1-15-8-10-16(11-9-15)12-18(14-24)28-23-25-21-19(22(27)26(23)2)13-20(29-21)17-6-4-3-5-7-17/h3-11,13,18H,12H2,1-2H3. The maximum atomic E-state index is 12.9. The van der Waals surface area contributed by atoms with Gasteiger partial charge in [-0.05, 0) is 30.5 Å². The molecule has 4 nitrogen and oxygen atoms in total. The molecule has 0 radical (unpaired) electrons. The average Bonchev–Trinajstić information content (AvgIpc) is 3.17. The van der Waals surface area contributed by atoms with Crippen LogP contribution in [0.4, 0.5) is 0 Å². The van der Waals surface area contributed by atoms with E-state index in [1.54, 1.807) is 11.6 Å². The number of thiophene rings is 1. The molecule has 0 N–H and O–H groups in total. The highest BCUT2D eigenvalue weighted by atomic mass is 32.2. The van der Waals surface area contributed by atoms with E-state index >= 15 is 0 Å². The molecule has 0 aliphatic heterocycles. The van der Waals surface area contributed by atoms with Crippen LogP contribution in [-0.2, 0) is 13.5 Å². The zero-order valence-electron chi connectivity index (χ0n) is 16.1. The topological polar surface area (TPSA) is 58.7 Å². The van der Waals surface area contributed by atoms with Crippen molar-refractivity contribution in [3.05, 3.63) is 82.1 Å². The van der Waals surface area contributed by atoms with Crippen molar-refractivity contribution in [3.63, 3.8) is 0 Å². The van der Waals surface area contributed by atoms with Crippen molar-refractivity contribution in [2.75, 3.05) is 0 Å². The van der Waals surface area contributed by atoms with E-state index in [0.29, 0.717) is 21.8 Å². The number of hydrogen-bond acceptors (Lipinski definition) is 5. The van der Waals surface area contributed by atoms with Crippen LogP contribution in [0.3, 0.4) is 0 Å². The minimum Gasteiger partial charge on any atom is -0.290 e. The number of rotatable bonds is 5. The number of nitrogens with zero attached hydrogens (tertiary/aromatic N) is 3. The summed E-state index contributed by atoms with van der Waals surface area (Å²) in [5.74, 6) is 0. The van der Waals surface area contributed by atoms with Gasteiger partial charge in [-0.15, -0.1) is 11.3 Å². The highest BCUT2D eigenvalue weighted by molar-refractivity contribution is 8.00.